The number of ether oxygens (including phenoxy) is 1. The maximum Gasteiger partial charge on any atom is 0.327 e. The van der Waals surface area contributed by atoms with Crippen molar-refractivity contribution in [1.82, 2.24) is 20.3 Å². The first kappa shape index (κ1) is 19.4. The Morgan fingerprint density at radius 1 is 1.21 bits per heavy atom. The predicted molar refractivity (Wildman–Crippen MR) is 109 cm³/mol. The van der Waals surface area contributed by atoms with Gasteiger partial charge in [0.25, 0.3) is 11.5 Å². The van der Waals surface area contributed by atoms with Gasteiger partial charge in [0.05, 0.1) is 10.9 Å². The number of halogens is 1. The van der Waals surface area contributed by atoms with Crippen LogP contribution in [0.15, 0.2) is 46.1 Å². The summed E-state index contributed by atoms with van der Waals surface area (Å²) in [6.07, 6.45) is 2.85. The van der Waals surface area contributed by atoms with E-state index < -0.39 is 11.2 Å². The van der Waals surface area contributed by atoms with Crippen LogP contribution in [0.3, 0.4) is 0 Å². The van der Waals surface area contributed by atoms with Crippen molar-refractivity contribution in [3.8, 4) is 0 Å². The summed E-state index contributed by atoms with van der Waals surface area (Å²) in [6, 6.07) is 9.07. The van der Waals surface area contributed by atoms with Gasteiger partial charge in [0.1, 0.15) is 5.65 Å². The Kier molecular flexibility index (Phi) is 5.21. The molecule has 3 heterocycles. The molecule has 2 aromatic heterocycles. The minimum Gasteiger partial charge on any atom is -0.381 e. The predicted octanol–water partition coefficient (Wildman–Crippen LogP) is 1.74. The second-order valence-electron chi connectivity index (χ2n) is 7.11. The van der Waals surface area contributed by atoms with Crippen LogP contribution in [-0.4, -0.2) is 40.6 Å². The third-order valence-electron chi connectivity index (χ3n) is 5.33. The lowest BCUT2D eigenvalue weighted by Gasteiger charge is -2.38. The number of hydrogen-bond donors (Lipinski definition) is 3. The number of carbonyl (C=O) groups excluding carboxylic acids is 1. The molecule has 29 heavy (non-hydrogen) atoms. The molecule has 0 bridgehead atoms. The number of fused-ring (bicyclic) bond motifs is 1. The highest BCUT2D eigenvalue weighted by molar-refractivity contribution is 6.30. The number of nitrogens with one attached hydrogen (secondary N) is 3. The van der Waals surface area contributed by atoms with Crippen LogP contribution in [0.5, 0.6) is 0 Å². The molecule has 0 aliphatic carbocycles. The number of amides is 1. The Balaban J connectivity index is 1.59. The molecule has 3 N–H and O–H groups in total. The maximum atomic E-state index is 12.8. The molecule has 0 spiro atoms. The summed E-state index contributed by atoms with van der Waals surface area (Å²) in [4.78, 5) is 44.7. The van der Waals surface area contributed by atoms with E-state index >= 15 is 0 Å². The van der Waals surface area contributed by atoms with E-state index in [9.17, 15) is 14.4 Å². The molecule has 0 atom stereocenters. The molecular weight excluding hydrogens is 396 g/mol. The molecule has 3 aromatic rings. The average molecular weight is 415 g/mol. The van der Waals surface area contributed by atoms with Gasteiger partial charge in [0.15, 0.2) is 0 Å². The minimum absolute atomic E-state index is 0.134. The zero-order chi connectivity index (χ0) is 20.4. The number of rotatable bonds is 4. The maximum absolute atomic E-state index is 12.8. The largest absolute Gasteiger partial charge is 0.381 e. The molecule has 0 saturated carbocycles. The second-order valence-corrected chi connectivity index (χ2v) is 7.55. The molecule has 150 valence electrons. The summed E-state index contributed by atoms with van der Waals surface area (Å²) in [5.74, 6) is -0.349. The number of aromatic amines is 2. The van der Waals surface area contributed by atoms with E-state index in [-0.39, 0.29) is 27.9 Å². The molecule has 0 radical (unpaired) electrons. The third kappa shape index (κ3) is 3.94. The molecule has 1 saturated heterocycles. The van der Waals surface area contributed by atoms with Crippen molar-refractivity contribution >= 4 is 28.5 Å². The Bertz CT molecular complexity index is 1180. The average Bonchev–Trinajstić information content (AvgIpc) is 2.72. The first-order valence-corrected chi connectivity index (χ1v) is 9.59. The third-order valence-corrected chi connectivity index (χ3v) is 5.56. The highest BCUT2D eigenvalue weighted by atomic mass is 35.5. The van der Waals surface area contributed by atoms with Gasteiger partial charge in [-0.1, -0.05) is 23.7 Å². The lowest BCUT2D eigenvalue weighted by Crippen LogP contribution is -2.44. The fourth-order valence-electron chi connectivity index (χ4n) is 3.67. The van der Waals surface area contributed by atoms with Gasteiger partial charge in [-0.05, 0) is 36.6 Å². The molecule has 0 unspecified atom stereocenters. The molecule has 1 aliphatic rings. The SMILES string of the molecule is O=C(NCC1(c2cccc(Cl)c2)CCOCC1)c1cnc2[nH]c(=O)[nH]c(=O)c2c1. The lowest BCUT2D eigenvalue weighted by atomic mass is 9.74. The molecular formula is C20H19ClN4O4. The summed E-state index contributed by atoms with van der Waals surface area (Å²) < 4.78 is 5.52. The van der Waals surface area contributed by atoms with E-state index in [1.807, 2.05) is 24.3 Å². The normalized spacial score (nSPS) is 15.9. The van der Waals surface area contributed by atoms with Crippen LogP contribution in [0.2, 0.25) is 5.02 Å². The Morgan fingerprint density at radius 3 is 2.76 bits per heavy atom. The summed E-state index contributed by atoms with van der Waals surface area (Å²) in [6.45, 7) is 1.60. The number of benzene rings is 1. The standard InChI is InChI=1S/C20H19ClN4O4/c21-14-3-1-2-13(9-14)20(4-6-29-7-5-20)11-23-17(26)12-8-15-16(22-10-12)24-19(28)25-18(15)27/h1-3,8-10H,4-7,11H2,(H,23,26)(H2,22,24,25,27,28). The number of carbonyl (C=O) groups is 1. The summed E-state index contributed by atoms with van der Waals surface area (Å²) in [5, 5.41) is 3.75. The zero-order valence-corrected chi connectivity index (χ0v) is 16.2. The molecule has 8 nitrogen and oxygen atoms in total. The van der Waals surface area contributed by atoms with Crippen LogP contribution >= 0.6 is 11.6 Å². The van der Waals surface area contributed by atoms with Gasteiger partial charge in [-0.25, -0.2) is 9.78 Å². The summed E-state index contributed by atoms with van der Waals surface area (Å²) in [5.41, 5.74) is -0.0927. The fourth-order valence-corrected chi connectivity index (χ4v) is 3.86. The van der Waals surface area contributed by atoms with Crippen LogP contribution in [-0.2, 0) is 10.2 Å². The van der Waals surface area contributed by atoms with Gasteiger partial charge >= 0.3 is 5.69 Å². The van der Waals surface area contributed by atoms with Crippen molar-refractivity contribution in [3.63, 3.8) is 0 Å². The van der Waals surface area contributed by atoms with E-state index in [4.69, 9.17) is 16.3 Å². The number of H-pyrrole nitrogens is 2. The second kappa shape index (κ2) is 7.81. The van der Waals surface area contributed by atoms with E-state index in [0.717, 1.165) is 18.4 Å². The van der Waals surface area contributed by atoms with Crippen LogP contribution < -0.4 is 16.6 Å². The topological polar surface area (TPSA) is 117 Å². The number of nitrogens with zero attached hydrogens (tertiary/aromatic N) is 1. The van der Waals surface area contributed by atoms with Crippen LogP contribution in [0.4, 0.5) is 0 Å². The quantitative estimate of drug-likeness (QED) is 0.601. The number of hydrogen-bond acceptors (Lipinski definition) is 5. The van der Waals surface area contributed by atoms with Gasteiger partial charge in [-0.3, -0.25) is 19.6 Å². The first-order valence-electron chi connectivity index (χ1n) is 9.21. The van der Waals surface area contributed by atoms with Crippen molar-refractivity contribution < 1.29 is 9.53 Å². The number of pyridine rings is 1. The van der Waals surface area contributed by atoms with Gasteiger partial charge in [0, 0.05) is 36.4 Å². The van der Waals surface area contributed by atoms with Crippen molar-refractivity contribution in [2.24, 2.45) is 0 Å². The zero-order valence-electron chi connectivity index (χ0n) is 15.5. The van der Waals surface area contributed by atoms with Gasteiger partial charge in [-0.15, -0.1) is 0 Å². The molecule has 1 aromatic carbocycles. The number of aromatic nitrogens is 3. The molecule has 9 heteroatoms. The van der Waals surface area contributed by atoms with Crippen molar-refractivity contribution in [2.45, 2.75) is 18.3 Å². The summed E-state index contributed by atoms with van der Waals surface area (Å²) in [7, 11) is 0. The highest BCUT2D eigenvalue weighted by Gasteiger charge is 2.35. The molecule has 4 rings (SSSR count). The Hall–Kier alpha value is -2.97. The van der Waals surface area contributed by atoms with E-state index in [1.165, 1.54) is 12.3 Å². The summed E-state index contributed by atoms with van der Waals surface area (Å²) >= 11 is 6.18. The Labute approximate surface area is 170 Å². The van der Waals surface area contributed by atoms with Gasteiger partial charge < -0.3 is 10.1 Å². The van der Waals surface area contributed by atoms with E-state index in [0.29, 0.717) is 24.8 Å². The van der Waals surface area contributed by atoms with Crippen molar-refractivity contribution in [3.05, 3.63) is 73.5 Å². The van der Waals surface area contributed by atoms with E-state index in [1.54, 1.807) is 0 Å². The lowest BCUT2D eigenvalue weighted by molar-refractivity contribution is 0.0487. The van der Waals surface area contributed by atoms with Gasteiger partial charge in [-0.2, -0.15) is 0 Å². The van der Waals surface area contributed by atoms with Gasteiger partial charge in [0.2, 0.25) is 0 Å². The Morgan fingerprint density at radius 2 is 2.00 bits per heavy atom. The van der Waals surface area contributed by atoms with Crippen LogP contribution in [0.25, 0.3) is 11.0 Å². The van der Waals surface area contributed by atoms with Crippen LogP contribution in [0.1, 0.15) is 28.8 Å². The molecule has 1 aliphatic heterocycles. The minimum atomic E-state index is -0.643. The van der Waals surface area contributed by atoms with Crippen molar-refractivity contribution in [1.29, 1.82) is 0 Å². The van der Waals surface area contributed by atoms with Crippen LogP contribution in [0, 0.1) is 0 Å². The molecule has 1 amide bonds. The molecule has 1 fully saturated rings. The smallest absolute Gasteiger partial charge is 0.327 e. The highest BCUT2D eigenvalue weighted by Crippen LogP contribution is 2.35. The fraction of sp³-hybridized carbons (Fsp3) is 0.300. The van der Waals surface area contributed by atoms with Crippen molar-refractivity contribution in [2.75, 3.05) is 19.8 Å². The van der Waals surface area contributed by atoms with E-state index in [2.05, 4.69) is 20.3 Å². The first-order chi connectivity index (χ1) is 14.0. The monoisotopic (exact) mass is 414 g/mol.